The molecule has 18 nitrogen and oxygen atoms in total. The number of anilines is 1. The molecule has 7 atom stereocenters. The van der Waals surface area contributed by atoms with Gasteiger partial charge in [0, 0.05) is 0 Å². The molecule has 0 radical (unpaired) electrons. The number of phosphoric acid groups is 1. The average Bonchev–Trinajstić information content (AvgIpc) is 3.21. The number of aromatic nitrogens is 4. The van der Waals surface area contributed by atoms with E-state index in [1.165, 1.54) is 10.9 Å². The minimum Gasteiger partial charge on any atom is -0.387 e. The van der Waals surface area contributed by atoms with Gasteiger partial charge < -0.3 is 45.4 Å². The smallest absolute Gasteiger partial charge is 0.387 e. The lowest BCUT2D eigenvalue weighted by atomic mass is 10.1. The number of imidazole rings is 1. The van der Waals surface area contributed by atoms with Crippen LogP contribution in [-0.2, 0) is 27.3 Å². The maximum atomic E-state index is 11.9. The Labute approximate surface area is 177 Å². The monoisotopic (exact) mass is 521 g/mol. The third-order valence-corrected chi connectivity index (χ3v) is 9.41. The van der Waals surface area contributed by atoms with Crippen molar-refractivity contribution < 1.29 is 62.2 Å². The van der Waals surface area contributed by atoms with E-state index in [1.807, 2.05) is 0 Å². The lowest BCUT2D eigenvalue weighted by molar-refractivity contribution is -0.0502. The average molecular weight is 521 g/mol. The van der Waals surface area contributed by atoms with E-state index in [2.05, 4.69) is 23.8 Å². The fourth-order valence-electron chi connectivity index (χ4n) is 2.72. The first-order chi connectivity index (χ1) is 14.6. The minimum absolute atomic E-state index is 0.0333. The number of hydrogen-bond acceptors (Lipinski definition) is 13. The molecule has 0 amide bonds. The van der Waals surface area contributed by atoms with Crippen molar-refractivity contribution in [2.24, 2.45) is 0 Å². The van der Waals surface area contributed by atoms with Gasteiger partial charge in [-0.25, -0.2) is 23.8 Å². The molecule has 0 aliphatic carbocycles. The van der Waals surface area contributed by atoms with Crippen molar-refractivity contribution in [3.63, 3.8) is 0 Å². The van der Waals surface area contributed by atoms with E-state index < -0.39 is 59.7 Å². The van der Waals surface area contributed by atoms with Crippen LogP contribution in [0.1, 0.15) is 6.23 Å². The third kappa shape index (κ3) is 5.08. The predicted octanol–water partition coefficient (Wildman–Crippen LogP) is -2.20. The molecule has 32 heavy (non-hydrogen) atoms. The molecule has 0 saturated carbocycles. The summed E-state index contributed by atoms with van der Waals surface area (Å²) in [5.74, 6) is 0.0333. The molecule has 180 valence electrons. The van der Waals surface area contributed by atoms with E-state index in [4.69, 9.17) is 25.4 Å². The molecule has 1 fully saturated rings. The molecule has 3 unspecified atom stereocenters. The molecule has 0 bridgehead atoms. The zero-order valence-corrected chi connectivity index (χ0v) is 18.2. The summed E-state index contributed by atoms with van der Waals surface area (Å²) < 4.78 is 49.3. The predicted molar refractivity (Wildman–Crippen MR) is 100 cm³/mol. The zero-order chi connectivity index (χ0) is 24.1. The highest BCUT2D eigenvalue weighted by molar-refractivity contribution is 7.74. The Morgan fingerprint density at radius 3 is 2.41 bits per heavy atom. The highest BCUT2D eigenvalue weighted by Gasteiger charge is 2.50. The molecule has 1 saturated heterocycles. The molecule has 0 spiro atoms. The third-order valence-electron chi connectivity index (χ3n) is 4.21. The SMILES string of the molecule is Nc1ncnc2c1ncn2[C@@H]1O[C@H](COP(=O)(O)OP(=O)(O)C(O)P(=O)(O)O)[C@@H](O)[C@H]1O. The molecule has 3 rings (SSSR count). The van der Waals surface area contributed by atoms with E-state index in [-0.39, 0.29) is 17.0 Å². The molecular formula is C11H18N5O13P3. The van der Waals surface area contributed by atoms with Gasteiger partial charge >= 0.3 is 23.0 Å². The van der Waals surface area contributed by atoms with Gasteiger partial charge in [0.1, 0.15) is 30.2 Å². The summed E-state index contributed by atoms with van der Waals surface area (Å²) in [5, 5.41) is 29.6. The maximum absolute atomic E-state index is 11.9. The van der Waals surface area contributed by atoms with Crippen molar-refractivity contribution in [3.8, 4) is 0 Å². The summed E-state index contributed by atoms with van der Waals surface area (Å²) in [7, 11) is -16.8. The van der Waals surface area contributed by atoms with Crippen LogP contribution >= 0.6 is 23.0 Å². The number of hydrogen-bond donors (Lipinski definition) is 8. The Balaban J connectivity index is 1.70. The Bertz CT molecular complexity index is 1140. The maximum Gasteiger partial charge on any atom is 0.479 e. The van der Waals surface area contributed by atoms with E-state index >= 15 is 0 Å². The number of nitrogen functional groups attached to an aromatic ring is 1. The largest absolute Gasteiger partial charge is 0.479 e. The van der Waals surface area contributed by atoms with Gasteiger partial charge in [-0.3, -0.25) is 18.2 Å². The summed E-state index contributed by atoms with van der Waals surface area (Å²) in [5.41, 5.74) is 2.68. The van der Waals surface area contributed by atoms with E-state index in [9.17, 15) is 33.7 Å². The standard InChI is InChI=1S/C11H18N5O13P3/c12-8-5-9(14-2-13-8)16(3-15-5)10-7(18)6(17)4(28-10)1-27-32(25,26)29-31(23,24)11(19)30(20,21)22/h2-4,6-7,10-11,17-19H,1H2,(H,23,24)(H,25,26)(H2,12,13,14)(H2,20,21,22)/t4-,6-,7-,10-,11?/m1/s1. The number of fused-ring (bicyclic) bond motifs is 1. The molecule has 9 N–H and O–H groups in total. The van der Waals surface area contributed by atoms with Crippen molar-refractivity contribution in [2.75, 3.05) is 12.3 Å². The van der Waals surface area contributed by atoms with Gasteiger partial charge in [0.2, 0.25) is 0 Å². The fourth-order valence-corrected chi connectivity index (χ4v) is 6.67. The zero-order valence-electron chi connectivity index (χ0n) is 15.5. The van der Waals surface area contributed by atoms with Crippen molar-refractivity contribution in [1.82, 2.24) is 19.5 Å². The summed E-state index contributed by atoms with van der Waals surface area (Å²) in [6.45, 7) is -0.988. The Morgan fingerprint density at radius 2 is 1.78 bits per heavy atom. The van der Waals surface area contributed by atoms with Crippen molar-refractivity contribution in [3.05, 3.63) is 12.7 Å². The van der Waals surface area contributed by atoms with Crippen LogP contribution < -0.4 is 5.73 Å². The lowest BCUT2D eigenvalue weighted by Gasteiger charge is -2.22. The van der Waals surface area contributed by atoms with Crippen LogP contribution in [0.5, 0.6) is 0 Å². The first kappa shape index (κ1) is 25.3. The first-order valence-corrected chi connectivity index (χ1v) is 13.2. The van der Waals surface area contributed by atoms with Gasteiger partial charge in [0.25, 0.3) is 5.59 Å². The fraction of sp³-hybridized carbons (Fsp3) is 0.545. The summed E-state index contributed by atoms with van der Waals surface area (Å²) in [4.78, 5) is 48.0. The molecule has 21 heteroatoms. The molecule has 0 aromatic carbocycles. The highest BCUT2D eigenvalue weighted by Crippen LogP contribution is 2.68. The van der Waals surface area contributed by atoms with Crippen molar-refractivity contribution >= 4 is 40.0 Å². The summed E-state index contributed by atoms with van der Waals surface area (Å²) in [6, 6.07) is 0. The Hall–Kier alpha value is -1.36. The molecular weight excluding hydrogens is 503 g/mol. The second kappa shape index (κ2) is 8.77. The normalized spacial score (nSPS) is 29.0. The molecule has 2 aromatic rings. The summed E-state index contributed by atoms with van der Waals surface area (Å²) >= 11 is 0. The number of nitrogens with two attached hydrogens (primary N) is 1. The van der Waals surface area contributed by atoms with Gasteiger partial charge in [-0.05, 0) is 0 Å². The number of nitrogens with zero attached hydrogens (tertiary/aromatic N) is 4. The topological polar surface area (TPSA) is 290 Å². The van der Waals surface area contributed by atoms with Gasteiger partial charge in [-0.1, -0.05) is 0 Å². The number of phosphoric ester groups is 1. The summed E-state index contributed by atoms with van der Waals surface area (Å²) in [6.07, 6.45) is -3.80. The molecule has 1 aliphatic rings. The van der Waals surface area contributed by atoms with Crippen LogP contribution in [0.25, 0.3) is 11.2 Å². The number of aliphatic hydroxyl groups excluding tert-OH is 3. The van der Waals surface area contributed by atoms with E-state index in [0.717, 1.165) is 6.33 Å². The molecule has 3 heterocycles. The molecule has 2 aromatic heterocycles. The number of aliphatic hydroxyl groups is 3. The van der Waals surface area contributed by atoms with Gasteiger partial charge in [-0.15, -0.1) is 0 Å². The minimum atomic E-state index is -5.74. The van der Waals surface area contributed by atoms with Gasteiger partial charge in [0.05, 0.1) is 12.9 Å². The molecule has 1 aliphatic heterocycles. The second-order valence-electron chi connectivity index (χ2n) is 6.47. The van der Waals surface area contributed by atoms with E-state index in [0.29, 0.717) is 0 Å². The van der Waals surface area contributed by atoms with Crippen molar-refractivity contribution in [1.29, 1.82) is 0 Å². The van der Waals surface area contributed by atoms with Crippen LogP contribution in [0.2, 0.25) is 0 Å². The highest BCUT2D eigenvalue weighted by atomic mass is 31.3. The number of rotatable bonds is 8. The van der Waals surface area contributed by atoms with Crippen LogP contribution in [0.4, 0.5) is 5.82 Å². The van der Waals surface area contributed by atoms with Crippen LogP contribution in [0.3, 0.4) is 0 Å². The van der Waals surface area contributed by atoms with Crippen LogP contribution in [0, 0.1) is 0 Å². The lowest BCUT2D eigenvalue weighted by Crippen LogP contribution is -2.33. The number of ether oxygens (including phenoxy) is 1. The Kier molecular flexibility index (Phi) is 6.93. The van der Waals surface area contributed by atoms with Gasteiger partial charge in [0.15, 0.2) is 17.7 Å². The quantitative estimate of drug-likeness (QED) is 0.171. The van der Waals surface area contributed by atoms with Crippen LogP contribution in [-0.4, -0.2) is 84.9 Å². The second-order valence-corrected chi connectivity index (χ2v) is 12.0. The Morgan fingerprint density at radius 1 is 1.12 bits per heavy atom. The van der Waals surface area contributed by atoms with Gasteiger partial charge in [-0.2, -0.15) is 0 Å². The first-order valence-electron chi connectivity index (χ1n) is 8.33. The van der Waals surface area contributed by atoms with E-state index in [1.54, 1.807) is 0 Å². The van der Waals surface area contributed by atoms with Crippen LogP contribution in [0.15, 0.2) is 12.7 Å². The van der Waals surface area contributed by atoms with Crippen molar-refractivity contribution in [2.45, 2.75) is 30.1 Å².